The number of hydrogen-bond acceptors (Lipinski definition) is 4. The van der Waals surface area contributed by atoms with E-state index >= 15 is 0 Å². The Labute approximate surface area is 99.0 Å². The molecule has 0 aliphatic heterocycles. The van der Waals surface area contributed by atoms with Crippen molar-refractivity contribution in [3.8, 4) is 0 Å². The highest BCUT2D eigenvalue weighted by atomic mass is 16.4. The summed E-state index contributed by atoms with van der Waals surface area (Å²) in [6.07, 6.45) is 4.55. The molecule has 1 fully saturated rings. The summed E-state index contributed by atoms with van der Waals surface area (Å²) in [5.74, 6) is -3.17. The van der Waals surface area contributed by atoms with Gasteiger partial charge < -0.3 is 21.3 Å². The third-order valence-electron chi connectivity index (χ3n) is 2.35. The van der Waals surface area contributed by atoms with Gasteiger partial charge in [-0.1, -0.05) is 12.8 Å². The minimum Gasteiger partial charge on any atom is -0.473 e. The molecule has 0 aromatic heterocycles. The average molecular weight is 246 g/mol. The van der Waals surface area contributed by atoms with Crippen LogP contribution in [-0.4, -0.2) is 41.1 Å². The van der Waals surface area contributed by atoms with Crippen molar-refractivity contribution in [2.75, 3.05) is 13.1 Å². The number of hydrogen-bond donors (Lipinski definition) is 4. The number of carboxylic acids is 2. The minimum absolute atomic E-state index is 0.202. The molecule has 1 aliphatic carbocycles. The first-order valence-electron chi connectivity index (χ1n) is 5.43. The van der Waals surface area contributed by atoms with E-state index in [4.69, 9.17) is 25.5 Å². The summed E-state index contributed by atoms with van der Waals surface area (Å²) in [6.45, 7) is 1.16. The summed E-state index contributed by atoms with van der Waals surface area (Å²) in [5.41, 5.74) is 5.26. The quantitative estimate of drug-likeness (QED) is 0.492. The fourth-order valence-corrected chi connectivity index (χ4v) is 1.53. The van der Waals surface area contributed by atoms with Crippen molar-refractivity contribution in [2.24, 2.45) is 11.7 Å². The van der Waals surface area contributed by atoms with E-state index < -0.39 is 11.9 Å². The zero-order valence-corrected chi connectivity index (χ0v) is 9.52. The third kappa shape index (κ3) is 7.29. The molecule has 7 nitrogen and oxygen atoms in total. The number of aliphatic carboxylic acids is 2. The molecule has 0 heterocycles. The number of carbonyl (C=O) groups is 3. The summed E-state index contributed by atoms with van der Waals surface area (Å²) in [7, 11) is 0. The average Bonchev–Trinajstić information content (AvgIpc) is 2.80. The van der Waals surface area contributed by atoms with Crippen LogP contribution in [0.4, 0.5) is 0 Å². The SMILES string of the molecule is NCCNC(=O)C1CCCC1.O=C(O)C(=O)O. The van der Waals surface area contributed by atoms with Crippen molar-refractivity contribution in [3.05, 3.63) is 0 Å². The van der Waals surface area contributed by atoms with Crippen LogP contribution < -0.4 is 11.1 Å². The largest absolute Gasteiger partial charge is 0.473 e. The molecule has 17 heavy (non-hydrogen) atoms. The fraction of sp³-hybridized carbons (Fsp3) is 0.700. The topological polar surface area (TPSA) is 130 Å². The van der Waals surface area contributed by atoms with E-state index in [9.17, 15) is 4.79 Å². The van der Waals surface area contributed by atoms with Crippen LogP contribution in [0.1, 0.15) is 25.7 Å². The molecule has 1 aliphatic rings. The highest BCUT2D eigenvalue weighted by molar-refractivity contribution is 6.27. The molecule has 0 spiro atoms. The van der Waals surface area contributed by atoms with Crippen LogP contribution in [0.25, 0.3) is 0 Å². The van der Waals surface area contributed by atoms with Gasteiger partial charge in [-0.15, -0.1) is 0 Å². The Morgan fingerprint density at radius 1 is 1.12 bits per heavy atom. The van der Waals surface area contributed by atoms with E-state index in [0.717, 1.165) is 12.8 Å². The lowest BCUT2D eigenvalue weighted by atomic mass is 10.1. The van der Waals surface area contributed by atoms with E-state index in [-0.39, 0.29) is 11.8 Å². The maximum atomic E-state index is 11.2. The van der Waals surface area contributed by atoms with E-state index in [1.807, 2.05) is 0 Å². The molecule has 1 saturated carbocycles. The molecule has 0 aromatic rings. The molecule has 1 amide bonds. The van der Waals surface area contributed by atoms with Gasteiger partial charge in [0.1, 0.15) is 0 Å². The second-order valence-corrected chi connectivity index (χ2v) is 3.67. The molecule has 0 bridgehead atoms. The molecule has 0 saturated heterocycles. The van der Waals surface area contributed by atoms with Gasteiger partial charge in [0.15, 0.2) is 0 Å². The van der Waals surface area contributed by atoms with Gasteiger partial charge in [-0.05, 0) is 12.8 Å². The number of nitrogens with two attached hydrogens (primary N) is 1. The molecule has 0 aromatic carbocycles. The van der Waals surface area contributed by atoms with Gasteiger partial charge in [0.2, 0.25) is 5.91 Å². The van der Waals surface area contributed by atoms with Gasteiger partial charge in [-0.2, -0.15) is 0 Å². The summed E-state index contributed by atoms with van der Waals surface area (Å²) < 4.78 is 0. The Morgan fingerprint density at radius 3 is 1.94 bits per heavy atom. The van der Waals surface area contributed by atoms with Gasteiger partial charge >= 0.3 is 11.9 Å². The first kappa shape index (κ1) is 15.4. The second-order valence-electron chi connectivity index (χ2n) is 3.67. The summed E-state index contributed by atoms with van der Waals surface area (Å²) in [5, 5.41) is 17.6. The van der Waals surface area contributed by atoms with E-state index in [1.165, 1.54) is 12.8 Å². The molecular formula is C10H18N2O5. The fourth-order valence-electron chi connectivity index (χ4n) is 1.53. The number of amides is 1. The van der Waals surface area contributed by atoms with Crippen molar-refractivity contribution < 1.29 is 24.6 Å². The maximum Gasteiger partial charge on any atom is 0.414 e. The van der Waals surface area contributed by atoms with Gasteiger partial charge in [0, 0.05) is 19.0 Å². The standard InChI is InChI=1S/C8H16N2O.C2H2O4/c9-5-6-10-8(11)7-3-1-2-4-7;3-1(4)2(5)6/h7H,1-6,9H2,(H,10,11);(H,3,4)(H,5,6). The first-order valence-corrected chi connectivity index (χ1v) is 5.43. The molecule has 5 N–H and O–H groups in total. The Morgan fingerprint density at radius 2 is 1.59 bits per heavy atom. The van der Waals surface area contributed by atoms with Crippen LogP contribution in [0.3, 0.4) is 0 Å². The van der Waals surface area contributed by atoms with Gasteiger partial charge in [0.25, 0.3) is 0 Å². The Balaban J connectivity index is 0.000000366. The van der Waals surface area contributed by atoms with Crippen molar-refractivity contribution in [3.63, 3.8) is 0 Å². The van der Waals surface area contributed by atoms with Crippen molar-refractivity contribution in [1.82, 2.24) is 5.32 Å². The first-order chi connectivity index (χ1) is 7.99. The normalized spacial score (nSPS) is 14.6. The Bertz CT molecular complexity index is 262. The smallest absolute Gasteiger partial charge is 0.414 e. The number of carboxylic acid groups (broad SMARTS) is 2. The Kier molecular flexibility index (Phi) is 7.70. The predicted octanol–water partition coefficient (Wildman–Crippen LogP) is -0.593. The van der Waals surface area contributed by atoms with E-state index in [2.05, 4.69) is 5.32 Å². The number of rotatable bonds is 3. The number of nitrogens with one attached hydrogen (secondary N) is 1. The molecule has 0 radical (unpaired) electrons. The molecule has 7 heteroatoms. The molecule has 1 rings (SSSR count). The van der Waals surface area contributed by atoms with Crippen LogP contribution in [0.5, 0.6) is 0 Å². The van der Waals surface area contributed by atoms with Crippen LogP contribution in [0, 0.1) is 5.92 Å². The van der Waals surface area contributed by atoms with Crippen LogP contribution in [0.2, 0.25) is 0 Å². The molecular weight excluding hydrogens is 228 g/mol. The van der Waals surface area contributed by atoms with Crippen LogP contribution >= 0.6 is 0 Å². The maximum absolute atomic E-state index is 11.2. The lowest BCUT2D eigenvalue weighted by Crippen LogP contribution is -2.33. The third-order valence-corrected chi connectivity index (χ3v) is 2.35. The monoisotopic (exact) mass is 246 g/mol. The van der Waals surface area contributed by atoms with Crippen molar-refractivity contribution in [1.29, 1.82) is 0 Å². The lowest BCUT2D eigenvalue weighted by Gasteiger charge is -2.08. The zero-order valence-electron chi connectivity index (χ0n) is 9.52. The highest BCUT2D eigenvalue weighted by Gasteiger charge is 2.21. The summed E-state index contributed by atoms with van der Waals surface area (Å²) in [6, 6.07) is 0. The molecule has 0 atom stereocenters. The lowest BCUT2D eigenvalue weighted by molar-refractivity contribution is -0.159. The van der Waals surface area contributed by atoms with Gasteiger partial charge in [-0.3, -0.25) is 4.79 Å². The number of carbonyl (C=O) groups excluding carboxylic acids is 1. The summed E-state index contributed by atoms with van der Waals surface area (Å²) >= 11 is 0. The van der Waals surface area contributed by atoms with Crippen molar-refractivity contribution in [2.45, 2.75) is 25.7 Å². The predicted molar refractivity (Wildman–Crippen MR) is 59.3 cm³/mol. The highest BCUT2D eigenvalue weighted by Crippen LogP contribution is 2.24. The van der Waals surface area contributed by atoms with Gasteiger partial charge in [-0.25, -0.2) is 9.59 Å². The summed E-state index contributed by atoms with van der Waals surface area (Å²) in [4.78, 5) is 29.4. The van der Waals surface area contributed by atoms with Crippen LogP contribution in [0.15, 0.2) is 0 Å². The van der Waals surface area contributed by atoms with E-state index in [1.54, 1.807) is 0 Å². The molecule has 98 valence electrons. The Hall–Kier alpha value is -1.63. The second kappa shape index (κ2) is 8.51. The van der Waals surface area contributed by atoms with Crippen LogP contribution in [-0.2, 0) is 14.4 Å². The van der Waals surface area contributed by atoms with E-state index in [0.29, 0.717) is 13.1 Å². The molecule has 0 unspecified atom stereocenters. The van der Waals surface area contributed by atoms with Crippen molar-refractivity contribution >= 4 is 17.8 Å². The van der Waals surface area contributed by atoms with Gasteiger partial charge in [0.05, 0.1) is 0 Å². The minimum atomic E-state index is -1.82. The zero-order chi connectivity index (χ0) is 13.3.